The van der Waals surface area contributed by atoms with Crippen LogP contribution in [0.15, 0.2) is 89.9 Å². The predicted molar refractivity (Wildman–Crippen MR) is 128 cm³/mol. The number of aliphatic imine (C=N–C) groups is 1. The van der Waals surface area contributed by atoms with Gasteiger partial charge in [0, 0.05) is 38.7 Å². The average molecular weight is 415 g/mol. The standard InChI is InChI=1S/C26H30N4O/c1-20(31)30-24-15-9-10-21(18-24)19-29-26(27-2)28-17-16-25(22-11-5-3-6-12-22)23-13-7-4-8-14-23/h3-15,18,25H,16-17,19H2,1-2H3,(H,30,31)(H2,27,28,29). The molecule has 3 N–H and O–H groups in total. The molecule has 0 aromatic heterocycles. The lowest BCUT2D eigenvalue weighted by Gasteiger charge is -2.19. The maximum absolute atomic E-state index is 11.3. The van der Waals surface area contributed by atoms with Crippen LogP contribution < -0.4 is 16.0 Å². The molecule has 0 unspecified atom stereocenters. The number of anilines is 1. The summed E-state index contributed by atoms with van der Waals surface area (Å²) in [5, 5.41) is 9.58. The number of hydrogen-bond acceptors (Lipinski definition) is 2. The van der Waals surface area contributed by atoms with E-state index < -0.39 is 0 Å². The molecule has 0 aliphatic carbocycles. The van der Waals surface area contributed by atoms with Crippen molar-refractivity contribution in [3.8, 4) is 0 Å². The van der Waals surface area contributed by atoms with Gasteiger partial charge in [-0.25, -0.2) is 0 Å². The van der Waals surface area contributed by atoms with Crippen LogP contribution in [0, 0.1) is 0 Å². The summed E-state index contributed by atoms with van der Waals surface area (Å²) in [7, 11) is 1.77. The molecule has 0 spiro atoms. The Balaban J connectivity index is 1.56. The van der Waals surface area contributed by atoms with Gasteiger partial charge in [0.05, 0.1) is 0 Å². The molecule has 3 rings (SSSR count). The van der Waals surface area contributed by atoms with E-state index >= 15 is 0 Å². The zero-order chi connectivity index (χ0) is 21.9. The van der Waals surface area contributed by atoms with Crippen molar-refractivity contribution in [3.05, 3.63) is 102 Å². The molecular formula is C26H30N4O. The summed E-state index contributed by atoms with van der Waals surface area (Å²) in [6.45, 7) is 2.92. The van der Waals surface area contributed by atoms with Crippen molar-refractivity contribution in [1.29, 1.82) is 0 Å². The quantitative estimate of drug-likeness (QED) is 0.375. The lowest BCUT2D eigenvalue weighted by molar-refractivity contribution is -0.114. The second kappa shape index (κ2) is 11.6. The Morgan fingerprint density at radius 3 is 2.10 bits per heavy atom. The van der Waals surface area contributed by atoms with Gasteiger partial charge < -0.3 is 16.0 Å². The van der Waals surface area contributed by atoms with Crippen LogP contribution in [-0.4, -0.2) is 25.5 Å². The number of carbonyl (C=O) groups excluding carboxylic acids is 1. The van der Waals surface area contributed by atoms with E-state index in [9.17, 15) is 4.79 Å². The highest BCUT2D eigenvalue weighted by molar-refractivity contribution is 5.88. The van der Waals surface area contributed by atoms with Crippen molar-refractivity contribution in [2.75, 3.05) is 18.9 Å². The summed E-state index contributed by atoms with van der Waals surface area (Å²) in [5.74, 6) is 1.00. The Bertz CT molecular complexity index is 947. The number of nitrogens with zero attached hydrogens (tertiary/aromatic N) is 1. The third kappa shape index (κ3) is 7.00. The molecule has 0 aliphatic heterocycles. The first-order chi connectivity index (χ1) is 15.2. The van der Waals surface area contributed by atoms with Crippen LogP contribution in [0.2, 0.25) is 0 Å². The van der Waals surface area contributed by atoms with Crippen molar-refractivity contribution in [3.63, 3.8) is 0 Å². The predicted octanol–water partition coefficient (Wildman–Crippen LogP) is 4.53. The zero-order valence-corrected chi connectivity index (χ0v) is 18.1. The van der Waals surface area contributed by atoms with E-state index in [2.05, 4.69) is 81.6 Å². The summed E-state index contributed by atoms with van der Waals surface area (Å²) >= 11 is 0. The van der Waals surface area contributed by atoms with Crippen LogP contribution in [0.5, 0.6) is 0 Å². The number of amides is 1. The van der Waals surface area contributed by atoms with Gasteiger partial charge in [0.2, 0.25) is 5.91 Å². The fourth-order valence-corrected chi connectivity index (χ4v) is 3.60. The summed E-state index contributed by atoms with van der Waals surface area (Å²) in [5.41, 5.74) is 4.49. The smallest absolute Gasteiger partial charge is 0.221 e. The van der Waals surface area contributed by atoms with Crippen LogP contribution >= 0.6 is 0 Å². The van der Waals surface area contributed by atoms with Gasteiger partial charge in [0.1, 0.15) is 0 Å². The van der Waals surface area contributed by atoms with Gasteiger partial charge in [-0.1, -0.05) is 72.8 Å². The topological polar surface area (TPSA) is 65.5 Å². The molecule has 0 radical (unpaired) electrons. The van der Waals surface area contributed by atoms with Crippen LogP contribution in [0.4, 0.5) is 5.69 Å². The Morgan fingerprint density at radius 2 is 1.52 bits per heavy atom. The molecule has 0 saturated carbocycles. The Hall–Kier alpha value is -3.60. The molecule has 0 aliphatic rings. The van der Waals surface area contributed by atoms with E-state index in [-0.39, 0.29) is 5.91 Å². The molecule has 0 bridgehead atoms. The zero-order valence-electron chi connectivity index (χ0n) is 18.1. The number of hydrogen-bond donors (Lipinski definition) is 3. The molecule has 0 heterocycles. The molecule has 5 heteroatoms. The normalized spacial score (nSPS) is 11.3. The number of carbonyl (C=O) groups is 1. The summed E-state index contributed by atoms with van der Waals surface area (Å²) in [6.07, 6.45) is 0.951. The molecule has 3 aromatic carbocycles. The van der Waals surface area contributed by atoms with Gasteiger partial charge in [-0.2, -0.15) is 0 Å². The van der Waals surface area contributed by atoms with Crippen molar-refractivity contribution < 1.29 is 4.79 Å². The first-order valence-electron chi connectivity index (χ1n) is 10.6. The van der Waals surface area contributed by atoms with Crippen LogP contribution in [-0.2, 0) is 11.3 Å². The summed E-state index contributed by atoms with van der Waals surface area (Å²) < 4.78 is 0. The highest BCUT2D eigenvalue weighted by Crippen LogP contribution is 2.27. The lowest BCUT2D eigenvalue weighted by atomic mass is 9.88. The van der Waals surface area contributed by atoms with Crippen molar-refractivity contribution >= 4 is 17.6 Å². The molecular weight excluding hydrogens is 384 g/mol. The number of benzene rings is 3. The highest BCUT2D eigenvalue weighted by Gasteiger charge is 2.13. The maximum Gasteiger partial charge on any atom is 0.221 e. The lowest BCUT2D eigenvalue weighted by Crippen LogP contribution is -2.37. The number of nitrogens with one attached hydrogen (secondary N) is 3. The van der Waals surface area contributed by atoms with Crippen LogP contribution in [0.1, 0.15) is 36.0 Å². The molecule has 0 fully saturated rings. The van der Waals surface area contributed by atoms with E-state index in [1.165, 1.54) is 18.1 Å². The van der Waals surface area contributed by atoms with Crippen molar-refractivity contribution in [2.24, 2.45) is 4.99 Å². The Kier molecular flexibility index (Phi) is 8.23. The van der Waals surface area contributed by atoms with Gasteiger partial charge in [-0.05, 0) is 35.2 Å². The molecule has 1 amide bonds. The summed E-state index contributed by atoms with van der Waals surface area (Å²) in [4.78, 5) is 15.6. The van der Waals surface area contributed by atoms with E-state index in [0.717, 1.165) is 30.2 Å². The second-order valence-corrected chi connectivity index (χ2v) is 7.40. The van der Waals surface area contributed by atoms with Gasteiger partial charge >= 0.3 is 0 Å². The van der Waals surface area contributed by atoms with Crippen LogP contribution in [0.25, 0.3) is 0 Å². The van der Waals surface area contributed by atoms with Crippen molar-refractivity contribution in [2.45, 2.75) is 25.8 Å². The first-order valence-corrected chi connectivity index (χ1v) is 10.6. The SMILES string of the molecule is CN=C(NCCC(c1ccccc1)c1ccccc1)NCc1cccc(NC(C)=O)c1. The minimum atomic E-state index is -0.0750. The van der Waals surface area contributed by atoms with E-state index in [0.29, 0.717) is 12.5 Å². The number of guanidine groups is 1. The molecule has 160 valence electrons. The molecule has 0 atom stereocenters. The highest BCUT2D eigenvalue weighted by atomic mass is 16.1. The average Bonchev–Trinajstić information content (AvgIpc) is 2.80. The monoisotopic (exact) mass is 414 g/mol. The maximum atomic E-state index is 11.3. The van der Waals surface area contributed by atoms with Crippen LogP contribution in [0.3, 0.4) is 0 Å². The van der Waals surface area contributed by atoms with E-state index in [1.54, 1.807) is 7.05 Å². The third-order valence-corrected chi connectivity index (χ3v) is 5.06. The largest absolute Gasteiger partial charge is 0.356 e. The Labute approximate surface area is 184 Å². The molecule has 3 aromatic rings. The minimum absolute atomic E-state index is 0.0750. The van der Waals surface area contributed by atoms with Crippen molar-refractivity contribution in [1.82, 2.24) is 10.6 Å². The fraction of sp³-hybridized carbons (Fsp3) is 0.231. The molecule has 5 nitrogen and oxygen atoms in total. The van der Waals surface area contributed by atoms with E-state index in [1.807, 2.05) is 24.3 Å². The Morgan fingerprint density at radius 1 is 0.871 bits per heavy atom. The molecule has 0 saturated heterocycles. The number of rotatable bonds is 8. The third-order valence-electron chi connectivity index (χ3n) is 5.06. The molecule has 31 heavy (non-hydrogen) atoms. The van der Waals surface area contributed by atoms with Gasteiger partial charge in [-0.15, -0.1) is 0 Å². The summed E-state index contributed by atoms with van der Waals surface area (Å²) in [6, 6.07) is 29.0. The van der Waals surface area contributed by atoms with E-state index in [4.69, 9.17) is 0 Å². The van der Waals surface area contributed by atoms with Gasteiger partial charge in [-0.3, -0.25) is 9.79 Å². The second-order valence-electron chi connectivity index (χ2n) is 7.40. The minimum Gasteiger partial charge on any atom is -0.356 e. The van der Waals surface area contributed by atoms with Gasteiger partial charge in [0.25, 0.3) is 0 Å². The van der Waals surface area contributed by atoms with Gasteiger partial charge in [0.15, 0.2) is 5.96 Å². The first kappa shape index (κ1) is 22.1. The fourth-order valence-electron chi connectivity index (χ4n) is 3.60.